The molecule has 1 atom stereocenters. The van der Waals surface area contributed by atoms with Gasteiger partial charge in [-0.2, -0.15) is 10.2 Å². The molecule has 4 heteroatoms. The maximum atomic E-state index is 5.28. The van der Waals surface area contributed by atoms with Crippen molar-refractivity contribution in [1.82, 2.24) is 5.12 Å². The first-order valence-corrected chi connectivity index (χ1v) is 2.83. The summed E-state index contributed by atoms with van der Waals surface area (Å²) in [6.45, 7) is 3.95. The van der Waals surface area contributed by atoms with Crippen molar-refractivity contribution in [3.63, 3.8) is 0 Å². The summed E-state index contributed by atoms with van der Waals surface area (Å²) in [4.78, 5) is 0. The van der Waals surface area contributed by atoms with Crippen molar-refractivity contribution in [2.75, 3.05) is 0 Å². The van der Waals surface area contributed by atoms with Gasteiger partial charge >= 0.3 is 0 Å². The summed E-state index contributed by atoms with van der Waals surface area (Å²) in [5, 5.41) is 8.69. The zero-order valence-corrected chi connectivity index (χ0v) is 5.57. The van der Waals surface area contributed by atoms with Crippen LogP contribution in [0, 0.1) is 0 Å². The van der Waals surface area contributed by atoms with Gasteiger partial charge in [0.05, 0.1) is 6.04 Å². The maximum Gasteiger partial charge on any atom is 0.0927 e. The molecule has 9 heavy (non-hydrogen) atoms. The molecule has 2 N–H and O–H groups in total. The highest BCUT2D eigenvalue weighted by Crippen LogP contribution is 2.10. The highest BCUT2D eigenvalue weighted by Gasteiger charge is 2.07. The lowest BCUT2D eigenvalue weighted by atomic mass is 10.2. The molecule has 0 aromatic rings. The molecule has 1 unspecified atom stereocenters. The second-order valence-corrected chi connectivity index (χ2v) is 2.13. The monoisotopic (exact) mass is 126 g/mol. The van der Waals surface area contributed by atoms with E-state index in [1.54, 1.807) is 6.20 Å². The molecule has 1 rings (SSSR count). The normalized spacial score (nSPS) is 26.3. The van der Waals surface area contributed by atoms with Gasteiger partial charge in [0.15, 0.2) is 0 Å². The highest BCUT2D eigenvalue weighted by molar-refractivity contribution is 5.05. The van der Waals surface area contributed by atoms with E-state index in [1.165, 1.54) is 5.12 Å². The van der Waals surface area contributed by atoms with Crippen molar-refractivity contribution in [2.24, 2.45) is 16.2 Å². The minimum absolute atomic E-state index is 0.185. The van der Waals surface area contributed by atoms with Crippen molar-refractivity contribution in [1.29, 1.82) is 0 Å². The molecule has 0 spiro atoms. The van der Waals surface area contributed by atoms with Gasteiger partial charge in [0.2, 0.25) is 0 Å². The van der Waals surface area contributed by atoms with Gasteiger partial charge in [0.1, 0.15) is 0 Å². The Labute approximate surface area is 54.0 Å². The number of hydrogen-bond acceptors (Lipinski definition) is 4. The molecule has 0 fully saturated rings. The third kappa shape index (κ3) is 1.26. The van der Waals surface area contributed by atoms with E-state index < -0.39 is 0 Å². The fourth-order valence-electron chi connectivity index (χ4n) is 0.570. The zero-order valence-electron chi connectivity index (χ0n) is 5.57. The zero-order chi connectivity index (χ0) is 6.85. The Bertz CT molecular complexity index is 160. The molecule has 1 aliphatic heterocycles. The minimum Gasteiger partial charge on any atom is -0.226 e. The summed E-state index contributed by atoms with van der Waals surface area (Å²) < 4.78 is 0. The summed E-state index contributed by atoms with van der Waals surface area (Å²) in [5.41, 5.74) is 1.13. The fourth-order valence-corrected chi connectivity index (χ4v) is 0.570. The van der Waals surface area contributed by atoms with Crippen LogP contribution in [0.1, 0.15) is 13.8 Å². The Kier molecular flexibility index (Phi) is 1.48. The van der Waals surface area contributed by atoms with Gasteiger partial charge in [-0.25, -0.2) is 5.84 Å². The molecule has 0 aromatic heterocycles. The molecular formula is C5H10N4. The van der Waals surface area contributed by atoms with Crippen LogP contribution in [-0.4, -0.2) is 11.2 Å². The Morgan fingerprint density at radius 3 is 2.89 bits per heavy atom. The van der Waals surface area contributed by atoms with Crippen LogP contribution in [0.5, 0.6) is 0 Å². The molecule has 0 aliphatic carbocycles. The van der Waals surface area contributed by atoms with E-state index in [-0.39, 0.29) is 6.04 Å². The van der Waals surface area contributed by atoms with Crippen molar-refractivity contribution in [3.8, 4) is 0 Å². The topological polar surface area (TPSA) is 54.0 Å². The van der Waals surface area contributed by atoms with Crippen molar-refractivity contribution in [3.05, 3.63) is 11.8 Å². The first kappa shape index (κ1) is 6.22. The SMILES string of the molecule is CC1=CN(N)N=NC1C. The van der Waals surface area contributed by atoms with Gasteiger partial charge < -0.3 is 0 Å². The maximum absolute atomic E-state index is 5.28. The van der Waals surface area contributed by atoms with Crippen LogP contribution in [0.4, 0.5) is 0 Å². The standard InChI is InChI=1S/C5H10N4/c1-4-3-9(6)8-7-5(4)2/h3,5H,6H2,1-2H3. The third-order valence-corrected chi connectivity index (χ3v) is 1.32. The smallest absolute Gasteiger partial charge is 0.0927 e. The highest BCUT2D eigenvalue weighted by atomic mass is 15.7. The second kappa shape index (κ2) is 2.14. The number of hydrazine groups is 1. The van der Waals surface area contributed by atoms with Crippen LogP contribution in [-0.2, 0) is 0 Å². The predicted molar refractivity (Wildman–Crippen MR) is 34.1 cm³/mol. The van der Waals surface area contributed by atoms with Crippen molar-refractivity contribution >= 4 is 0 Å². The lowest BCUT2D eigenvalue weighted by molar-refractivity contribution is 0.356. The molecule has 0 saturated carbocycles. The van der Waals surface area contributed by atoms with Crippen LogP contribution in [0.3, 0.4) is 0 Å². The first-order chi connectivity index (χ1) is 4.20. The van der Waals surface area contributed by atoms with E-state index >= 15 is 0 Å². The Hall–Kier alpha value is -0.900. The predicted octanol–water partition coefficient (Wildman–Crippen LogP) is 0.835. The molecule has 0 saturated heterocycles. The average Bonchev–Trinajstić information content (AvgIpc) is 1.80. The molecule has 50 valence electrons. The molecule has 0 bridgehead atoms. The summed E-state index contributed by atoms with van der Waals surface area (Å²) in [5.74, 6) is 5.28. The van der Waals surface area contributed by atoms with E-state index in [4.69, 9.17) is 5.84 Å². The van der Waals surface area contributed by atoms with Gasteiger partial charge in [0, 0.05) is 6.20 Å². The van der Waals surface area contributed by atoms with Crippen molar-refractivity contribution < 1.29 is 0 Å². The van der Waals surface area contributed by atoms with Gasteiger partial charge in [-0.15, -0.1) is 0 Å². The second-order valence-electron chi connectivity index (χ2n) is 2.13. The molecule has 0 aromatic carbocycles. The summed E-state index contributed by atoms with van der Waals surface area (Å²) in [7, 11) is 0. The Morgan fingerprint density at radius 1 is 1.78 bits per heavy atom. The number of nitrogens with zero attached hydrogens (tertiary/aromatic N) is 3. The summed E-state index contributed by atoms with van der Waals surface area (Å²) in [6.07, 6.45) is 1.76. The van der Waals surface area contributed by atoms with Gasteiger partial charge in [0.25, 0.3) is 0 Å². The number of nitrogens with two attached hydrogens (primary N) is 1. The molecule has 0 radical (unpaired) electrons. The van der Waals surface area contributed by atoms with Crippen LogP contribution >= 0.6 is 0 Å². The Balaban J connectivity index is 2.70. The van der Waals surface area contributed by atoms with Crippen LogP contribution in [0.25, 0.3) is 0 Å². The van der Waals surface area contributed by atoms with E-state index in [2.05, 4.69) is 10.3 Å². The largest absolute Gasteiger partial charge is 0.226 e. The molecule has 1 aliphatic rings. The van der Waals surface area contributed by atoms with Gasteiger partial charge in [-0.1, -0.05) is 5.22 Å². The van der Waals surface area contributed by atoms with Gasteiger partial charge in [-0.05, 0) is 19.4 Å². The third-order valence-electron chi connectivity index (χ3n) is 1.32. The van der Waals surface area contributed by atoms with Crippen molar-refractivity contribution in [2.45, 2.75) is 19.9 Å². The van der Waals surface area contributed by atoms with Crippen LogP contribution in [0.15, 0.2) is 22.1 Å². The summed E-state index contributed by atoms with van der Waals surface area (Å²) in [6, 6.07) is 0.185. The van der Waals surface area contributed by atoms with Crippen LogP contribution < -0.4 is 5.84 Å². The van der Waals surface area contributed by atoms with E-state index in [9.17, 15) is 0 Å². The average molecular weight is 126 g/mol. The van der Waals surface area contributed by atoms with E-state index in [0.29, 0.717) is 0 Å². The number of rotatable bonds is 0. The molecule has 1 heterocycles. The quantitative estimate of drug-likeness (QED) is 0.489. The molecular weight excluding hydrogens is 116 g/mol. The summed E-state index contributed by atoms with van der Waals surface area (Å²) >= 11 is 0. The van der Waals surface area contributed by atoms with E-state index in [1.807, 2.05) is 13.8 Å². The molecule has 0 amide bonds. The number of hydrogen-bond donors (Lipinski definition) is 1. The first-order valence-electron chi connectivity index (χ1n) is 2.83. The minimum atomic E-state index is 0.185. The Morgan fingerprint density at radius 2 is 2.44 bits per heavy atom. The molecule has 4 nitrogen and oxygen atoms in total. The van der Waals surface area contributed by atoms with E-state index in [0.717, 1.165) is 5.57 Å². The van der Waals surface area contributed by atoms with Gasteiger partial charge in [-0.3, -0.25) is 0 Å². The lowest BCUT2D eigenvalue weighted by Gasteiger charge is -2.15. The lowest BCUT2D eigenvalue weighted by Crippen LogP contribution is -2.23. The van der Waals surface area contributed by atoms with Crippen LogP contribution in [0.2, 0.25) is 0 Å². The fraction of sp³-hybridized carbons (Fsp3) is 0.600.